The van der Waals surface area contributed by atoms with Gasteiger partial charge in [-0.3, -0.25) is 0 Å². The van der Waals surface area contributed by atoms with Gasteiger partial charge in [0.1, 0.15) is 5.75 Å². The van der Waals surface area contributed by atoms with Gasteiger partial charge in [0.15, 0.2) is 0 Å². The van der Waals surface area contributed by atoms with Crippen molar-refractivity contribution in [2.45, 2.75) is 33.1 Å². The summed E-state index contributed by atoms with van der Waals surface area (Å²) in [7, 11) is 1.46. The van der Waals surface area contributed by atoms with Crippen LogP contribution in [-0.4, -0.2) is 22.1 Å². The first-order chi connectivity index (χ1) is 9.79. The number of anilines is 1. The van der Waals surface area contributed by atoms with Crippen LogP contribution in [0.1, 0.15) is 31.9 Å². The first-order valence-corrected chi connectivity index (χ1v) is 6.64. The van der Waals surface area contributed by atoms with E-state index in [2.05, 4.69) is 41.8 Å². The zero-order valence-electron chi connectivity index (χ0n) is 13.0. The molecule has 0 aliphatic rings. The number of methoxy groups -OCH3 is 1. The Bertz CT molecular complexity index is 651. The molecule has 0 unspecified atom stereocenters. The van der Waals surface area contributed by atoms with Gasteiger partial charge in [0, 0.05) is 5.56 Å². The van der Waals surface area contributed by atoms with Crippen LogP contribution in [-0.2, 0) is 5.41 Å². The number of nitrogen functional groups attached to an aromatic ring is 1. The van der Waals surface area contributed by atoms with Crippen molar-refractivity contribution in [3.8, 4) is 17.8 Å². The molecule has 0 spiro atoms. The SMILES string of the molecule is COc1nc(N)nc(Oc2ccc(C)cc2C(C)(C)C)n1. The smallest absolute Gasteiger partial charge is 0.330 e. The maximum absolute atomic E-state index is 5.79. The highest BCUT2D eigenvalue weighted by atomic mass is 16.5. The van der Waals surface area contributed by atoms with Crippen LogP contribution in [0.15, 0.2) is 18.2 Å². The fraction of sp³-hybridized carbons (Fsp3) is 0.400. The van der Waals surface area contributed by atoms with E-state index in [0.29, 0.717) is 5.75 Å². The van der Waals surface area contributed by atoms with E-state index in [1.165, 1.54) is 12.7 Å². The second-order valence-electron chi connectivity index (χ2n) is 5.81. The molecule has 1 aromatic heterocycles. The third-order valence-electron chi connectivity index (χ3n) is 2.94. The minimum atomic E-state index is -0.0655. The van der Waals surface area contributed by atoms with Crippen LogP contribution >= 0.6 is 0 Å². The molecule has 2 rings (SSSR count). The molecule has 6 heteroatoms. The lowest BCUT2D eigenvalue weighted by molar-refractivity contribution is 0.358. The van der Waals surface area contributed by atoms with Crippen molar-refractivity contribution in [2.75, 3.05) is 12.8 Å². The lowest BCUT2D eigenvalue weighted by Gasteiger charge is -2.22. The summed E-state index contributed by atoms with van der Waals surface area (Å²) >= 11 is 0. The summed E-state index contributed by atoms with van der Waals surface area (Å²) in [6.45, 7) is 8.41. The highest BCUT2D eigenvalue weighted by molar-refractivity contribution is 5.42. The number of benzene rings is 1. The van der Waals surface area contributed by atoms with Crippen LogP contribution in [0.3, 0.4) is 0 Å². The van der Waals surface area contributed by atoms with E-state index < -0.39 is 0 Å². The predicted octanol–water partition coefficient (Wildman–Crippen LogP) is 2.86. The topological polar surface area (TPSA) is 83.2 Å². The molecule has 0 atom stereocenters. The maximum Gasteiger partial charge on any atom is 0.330 e. The lowest BCUT2D eigenvalue weighted by atomic mass is 9.85. The number of aromatic nitrogens is 3. The van der Waals surface area contributed by atoms with Crippen LogP contribution in [0.5, 0.6) is 17.8 Å². The average Bonchev–Trinajstić information content (AvgIpc) is 2.39. The van der Waals surface area contributed by atoms with Gasteiger partial charge in [-0.05, 0) is 18.4 Å². The fourth-order valence-electron chi connectivity index (χ4n) is 1.91. The van der Waals surface area contributed by atoms with Crippen molar-refractivity contribution >= 4 is 5.95 Å². The second-order valence-corrected chi connectivity index (χ2v) is 5.81. The molecule has 2 aromatic rings. The molecule has 2 N–H and O–H groups in total. The van der Waals surface area contributed by atoms with Crippen LogP contribution in [0, 0.1) is 6.92 Å². The molecule has 0 radical (unpaired) electrons. The van der Waals surface area contributed by atoms with Gasteiger partial charge in [-0.15, -0.1) is 4.98 Å². The summed E-state index contributed by atoms with van der Waals surface area (Å²) < 4.78 is 10.8. The average molecular weight is 288 g/mol. The van der Waals surface area contributed by atoms with Crippen molar-refractivity contribution in [2.24, 2.45) is 0 Å². The zero-order valence-corrected chi connectivity index (χ0v) is 13.0. The number of rotatable bonds is 3. The maximum atomic E-state index is 5.79. The monoisotopic (exact) mass is 288 g/mol. The molecule has 0 saturated carbocycles. The molecular formula is C15H20N4O2. The first kappa shape index (κ1) is 15.0. The molecule has 6 nitrogen and oxygen atoms in total. The van der Waals surface area contributed by atoms with Gasteiger partial charge >= 0.3 is 12.0 Å². The summed E-state index contributed by atoms with van der Waals surface area (Å²) in [5.74, 6) is 0.752. The van der Waals surface area contributed by atoms with Crippen molar-refractivity contribution < 1.29 is 9.47 Å². The zero-order chi connectivity index (χ0) is 15.6. The van der Waals surface area contributed by atoms with E-state index in [4.69, 9.17) is 15.2 Å². The second kappa shape index (κ2) is 5.55. The van der Waals surface area contributed by atoms with Gasteiger partial charge in [-0.1, -0.05) is 38.5 Å². The molecule has 0 amide bonds. The lowest BCUT2D eigenvalue weighted by Crippen LogP contribution is -2.13. The Morgan fingerprint density at radius 1 is 1.05 bits per heavy atom. The minimum absolute atomic E-state index is 0.0567. The Morgan fingerprint density at radius 2 is 1.71 bits per heavy atom. The molecule has 1 aromatic carbocycles. The highest BCUT2D eigenvalue weighted by Gasteiger charge is 2.20. The highest BCUT2D eigenvalue weighted by Crippen LogP contribution is 2.34. The van der Waals surface area contributed by atoms with Gasteiger partial charge in [-0.2, -0.15) is 9.97 Å². The van der Waals surface area contributed by atoms with Gasteiger partial charge in [0.05, 0.1) is 7.11 Å². The molecule has 21 heavy (non-hydrogen) atoms. The summed E-state index contributed by atoms with van der Waals surface area (Å²) in [5, 5.41) is 0. The number of nitrogens with zero attached hydrogens (tertiary/aromatic N) is 3. The number of nitrogens with two attached hydrogens (primary N) is 1. The summed E-state index contributed by atoms with van der Waals surface area (Å²) in [5.41, 5.74) is 7.79. The molecule has 0 aliphatic heterocycles. The van der Waals surface area contributed by atoms with Crippen molar-refractivity contribution in [3.05, 3.63) is 29.3 Å². The van der Waals surface area contributed by atoms with Crippen LogP contribution < -0.4 is 15.2 Å². The Balaban J connectivity index is 2.42. The Kier molecular flexibility index (Phi) is 3.97. The van der Waals surface area contributed by atoms with Crippen molar-refractivity contribution in [1.29, 1.82) is 0 Å². The summed E-state index contributed by atoms with van der Waals surface area (Å²) in [4.78, 5) is 11.9. The number of aryl methyl sites for hydroxylation is 1. The van der Waals surface area contributed by atoms with E-state index in [0.717, 1.165) is 5.56 Å². The largest absolute Gasteiger partial charge is 0.467 e. The van der Waals surface area contributed by atoms with E-state index in [1.807, 2.05) is 19.1 Å². The number of hydrogen-bond donors (Lipinski definition) is 1. The number of hydrogen-bond acceptors (Lipinski definition) is 6. The third-order valence-corrected chi connectivity index (χ3v) is 2.94. The van der Waals surface area contributed by atoms with E-state index in [-0.39, 0.29) is 23.4 Å². The van der Waals surface area contributed by atoms with E-state index in [1.54, 1.807) is 0 Å². The van der Waals surface area contributed by atoms with Crippen LogP contribution in [0.25, 0.3) is 0 Å². The minimum Gasteiger partial charge on any atom is -0.467 e. The Morgan fingerprint density at radius 3 is 2.33 bits per heavy atom. The predicted molar refractivity (Wildman–Crippen MR) is 80.7 cm³/mol. The van der Waals surface area contributed by atoms with Gasteiger partial charge < -0.3 is 15.2 Å². The van der Waals surface area contributed by atoms with Gasteiger partial charge in [-0.25, -0.2) is 0 Å². The molecule has 1 heterocycles. The quantitative estimate of drug-likeness (QED) is 0.935. The third kappa shape index (κ3) is 3.59. The molecule has 0 fully saturated rings. The Hall–Kier alpha value is -2.37. The van der Waals surface area contributed by atoms with Crippen LogP contribution in [0.2, 0.25) is 0 Å². The summed E-state index contributed by atoms with van der Waals surface area (Å²) in [6.07, 6.45) is 0. The molecule has 0 aliphatic carbocycles. The van der Waals surface area contributed by atoms with Crippen LogP contribution in [0.4, 0.5) is 5.95 Å². The Labute approximate surface area is 124 Å². The molecular weight excluding hydrogens is 268 g/mol. The normalized spacial score (nSPS) is 11.3. The van der Waals surface area contributed by atoms with E-state index in [9.17, 15) is 0 Å². The standard InChI is InChI=1S/C15H20N4O2/c1-9-6-7-11(10(8-9)15(2,3)4)21-14-18-12(16)17-13(19-14)20-5/h6-8H,1-5H3,(H2,16,17,18,19). The molecule has 112 valence electrons. The first-order valence-electron chi connectivity index (χ1n) is 6.64. The van der Waals surface area contributed by atoms with E-state index >= 15 is 0 Å². The van der Waals surface area contributed by atoms with Gasteiger partial charge in [0.25, 0.3) is 0 Å². The molecule has 0 saturated heterocycles. The fourth-order valence-corrected chi connectivity index (χ4v) is 1.91. The molecule has 0 bridgehead atoms. The number of ether oxygens (including phenoxy) is 2. The van der Waals surface area contributed by atoms with Gasteiger partial charge in [0.2, 0.25) is 5.95 Å². The van der Waals surface area contributed by atoms with Crippen molar-refractivity contribution in [1.82, 2.24) is 15.0 Å². The van der Waals surface area contributed by atoms with Crippen molar-refractivity contribution in [3.63, 3.8) is 0 Å². The summed E-state index contributed by atoms with van der Waals surface area (Å²) in [6, 6.07) is 6.22.